The molecule has 2 rings (SSSR count). The van der Waals surface area contributed by atoms with Gasteiger partial charge in [-0.15, -0.1) is 0 Å². The molecule has 5 heteroatoms. The van der Waals surface area contributed by atoms with Crippen LogP contribution < -0.4 is 0 Å². The van der Waals surface area contributed by atoms with E-state index in [1.807, 2.05) is 51.1 Å². The third-order valence-corrected chi connectivity index (χ3v) is 5.33. The van der Waals surface area contributed by atoms with Gasteiger partial charge in [0, 0.05) is 12.1 Å². The fraction of sp³-hybridized carbons (Fsp3) is 0.316. The summed E-state index contributed by atoms with van der Waals surface area (Å²) in [4.78, 5) is 14.5. The molecule has 0 fully saturated rings. The smallest absolute Gasteiger partial charge is 0.238 e. The van der Waals surface area contributed by atoms with Crippen LogP contribution in [0.1, 0.15) is 26.3 Å². The van der Waals surface area contributed by atoms with Crippen LogP contribution in [-0.4, -0.2) is 30.5 Å². The predicted molar refractivity (Wildman–Crippen MR) is 95.2 cm³/mol. The van der Waals surface area contributed by atoms with Gasteiger partial charge in [-0.3, -0.25) is 4.79 Å². The molecule has 0 saturated carbocycles. The van der Waals surface area contributed by atoms with Gasteiger partial charge in [0.15, 0.2) is 9.84 Å². The summed E-state index contributed by atoms with van der Waals surface area (Å²) in [5.41, 5.74) is 0.497. The number of amides is 1. The second kappa shape index (κ2) is 7.18. The summed E-state index contributed by atoms with van der Waals surface area (Å²) < 4.78 is 25.0. The van der Waals surface area contributed by atoms with Crippen molar-refractivity contribution in [2.75, 3.05) is 5.75 Å². The van der Waals surface area contributed by atoms with Crippen LogP contribution in [0.2, 0.25) is 0 Å². The zero-order valence-corrected chi connectivity index (χ0v) is 15.1. The summed E-state index contributed by atoms with van der Waals surface area (Å²) in [5.74, 6) is -0.920. The van der Waals surface area contributed by atoms with Crippen LogP contribution in [0.15, 0.2) is 65.6 Å². The van der Waals surface area contributed by atoms with Gasteiger partial charge in [0.25, 0.3) is 0 Å². The highest BCUT2D eigenvalue weighted by Crippen LogP contribution is 2.20. The van der Waals surface area contributed by atoms with E-state index in [4.69, 9.17) is 0 Å². The first-order chi connectivity index (χ1) is 11.2. The van der Waals surface area contributed by atoms with Gasteiger partial charge >= 0.3 is 0 Å². The van der Waals surface area contributed by atoms with Gasteiger partial charge < -0.3 is 4.90 Å². The second-order valence-corrected chi connectivity index (χ2v) is 8.70. The third-order valence-electron chi connectivity index (χ3n) is 3.71. The Kier molecular flexibility index (Phi) is 5.44. The molecule has 0 bridgehead atoms. The highest BCUT2D eigenvalue weighted by atomic mass is 32.2. The summed E-state index contributed by atoms with van der Waals surface area (Å²) >= 11 is 0. The van der Waals surface area contributed by atoms with Crippen molar-refractivity contribution in [3.8, 4) is 0 Å². The Hall–Kier alpha value is -2.14. The minimum Gasteiger partial charge on any atom is -0.333 e. The zero-order valence-electron chi connectivity index (χ0n) is 14.3. The molecule has 24 heavy (non-hydrogen) atoms. The van der Waals surface area contributed by atoms with Gasteiger partial charge in [0.2, 0.25) is 5.91 Å². The van der Waals surface area contributed by atoms with Crippen molar-refractivity contribution in [1.82, 2.24) is 4.90 Å². The molecule has 0 radical (unpaired) electrons. The molecule has 0 heterocycles. The maximum Gasteiger partial charge on any atom is 0.238 e. The summed E-state index contributed by atoms with van der Waals surface area (Å²) in [7, 11) is -3.65. The van der Waals surface area contributed by atoms with E-state index in [1.54, 1.807) is 23.1 Å². The van der Waals surface area contributed by atoms with Crippen LogP contribution >= 0.6 is 0 Å². The van der Waals surface area contributed by atoms with Gasteiger partial charge in [-0.25, -0.2) is 8.42 Å². The molecule has 0 aromatic heterocycles. The van der Waals surface area contributed by atoms with Crippen molar-refractivity contribution in [3.05, 3.63) is 66.2 Å². The molecule has 0 N–H and O–H groups in total. The number of hydrogen-bond donors (Lipinski definition) is 0. The maximum absolute atomic E-state index is 12.7. The molecule has 128 valence electrons. The SMILES string of the molecule is CC(C)(C)N(Cc1ccccc1)C(=O)CS(=O)(=O)c1ccccc1. The lowest BCUT2D eigenvalue weighted by Gasteiger charge is -2.36. The Morgan fingerprint density at radius 1 is 0.917 bits per heavy atom. The van der Waals surface area contributed by atoms with E-state index < -0.39 is 27.0 Å². The third kappa shape index (κ3) is 4.68. The van der Waals surface area contributed by atoms with Crippen LogP contribution in [0.3, 0.4) is 0 Å². The van der Waals surface area contributed by atoms with Gasteiger partial charge in [0.1, 0.15) is 5.75 Å². The molecule has 0 aliphatic heterocycles. The van der Waals surface area contributed by atoms with E-state index in [0.29, 0.717) is 6.54 Å². The van der Waals surface area contributed by atoms with Gasteiger partial charge in [-0.05, 0) is 38.5 Å². The van der Waals surface area contributed by atoms with Crippen molar-refractivity contribution in [1.29, 1.82) is 0 Å². The molecule has 0 saturated heterocycles. The predicted octanol–water partition coefficient (Wildman–Crippen LogP) is 3.29. The number of sulfone groups is 1. The van der Waals surface area contributed by atoms with Crippen molar-refractivity contribution in [2.24, 2.45) is 0 Å². The molecule has 0 atom stereocenters. The Bertz CT molecular complexity index is 778. The number of rotatable bonds is 5. The van der Waals surface area contributed by atoms with Crippen molar-refractivity contribution in [3.63, 3.8) is 0 Å². The van der Waals surface area contributed by atoms with E-state index in [1.165, 1.54) is 12.1 Å². The molecule has 2 aromatic carbocycles. The van der Waals surface area contributed by atoms with Crippen LogP contribution in [0.25, 0.3) is 0 Å². The lowest BCUT2D eigenvalue weighted by Crippen LogP contribution is -2.47. The molecule has 2 aromatic rings. The number of benzene rings is 2. The Labute approximate surface area is 144 Å². The number of carbonyl (C=O) groups is 1. The summed E-state index contributed by atoms with van der Waals surface area (Å²) in [5, 5.41) is 0. The molecule has 0 aliphatic rings. The molecule has 0 unspecified atom stereocenters. The standard InChI is InChI=1S/C19H23NO3S/c1-19(2,3)20(14-16-10-6-4-7-11-16)18(21)15-24(22,23)17-12-8-5-9-13-17/h4-13H,14-15H2,1-3H3. The Morgan fingerprint density at radius 2 is 1.42 bits per heavy atom. The van der Waals surface area contributed by atoms with E-state index in [2.05, 4.69) is 0 Å². The van der Waals surface area contributed by atoms with Crippen molar-refractivity contribution < 1.29 is 13.2 Å². The molecular weight excluding hydrogens is 322 g/mol. The zero-order chi connectivity index (χ0) is 17.8. The highest BCUT2D eigenvalue weighted by molar-refractivity contribution is 7.92. The average molecular weight is 345 g/mol. The summed E-state index contributed by atoms with van der Waals surface area (Å²) in [6.45, 7) is 6.10. The van der Waals surface area contributed by atoms with E-state index >= 15 is 0 Å². The van der Waals surface area contributed by atoms with Crippen LogP contribution in [0, 0.1) is 0 Å². The Balaban J connectivity index is 2.23. The topological polar surface area (TPSA) is 54.5 Å². The monoisotopic (exact) mass is 345 g/mol. The maximum atomic E-state index is 12.7. The minimum absolute atomic E-state index is 0.173. The number of carbonyl (C=O) groups excluding carboxylic acids is 1. The first-order valence-corrected chi connectivity index (χ1v) is 9.47. The van der Waals surface area contributed by atoms with Crippen LogP contribution in [-0.2, 0) is 21.2 Å². The Morgan fingerprint density at radius 3 is 1.92 bits per heavy atom. The van der Waals surface area contributed by atoms with E-state index in [9.17, 15) is 13.2 Å². The largest absolute Gasteiger partial charge is 0.333 e. The van der Waals surface area contributed by atoms with Gasteiger partial charge in [0.05, 0.1) is 4.90 Å². The fourth-order valence-corrected chi connectivity index (χ4v) is 3.64. The lowest BCUT2D eigenvalue weighted by molar-refractivity contribution is -0.133. The number of nitrogens with zero attached hydrogens (tertiary/aromatic N) is 1. The van der Waals surface area contributed by atoms with Crippen molar-refractivity contribution >= 4 is 15.7 Å². The van der Waals surface area contributed by atoms with Gasteiger partial charge in [-0.2, -0.15) is 0 Å². The molecule has 4 nitrogen and oxygen atoms in total. The fourth-order valence-electron chi connectivity index (χ4n) is 2.42. The van der Waals surface area contributed by atoms with Crippen LogP contribution in [0.4, 0.5) is 0 Å². The van der Waals surface area contributed by atoms with Crippen LogP contribution in [0.5, 0.6) is 0 Å². The summed E-state index contributed by atoms with van der Waals surface area (Å²) in [6, 6.07) is 17.7. The molecule has 1 amide bonds. The first-order valence-electron chi connectivity index (χ1n) is 7.82. The van der Waals surface area contributed by atoms with Gasteiger partial charge in [-0.1, -0.05) is 48.5 Å². The summed E-state index contributed by atoms with van der Waals surface area (Å²) in [6.07, 6.45) is 0. The normalized spacial score (nSPS) is 12.0. The van der Waals surface area contributed by atoms with E-state index in [-0.39, 0.29) is 4.90 Å². The van der Waals surface area contributed by atoms with Crippen molar-refractivity contribution in [2.45, 2.75) is 37.8 Å². The second-order valence-electron chi connectivity index (χ2n) is 6.71. The number of hydrogen-bond acceptors (Lipinski definition) is 3. The molecular formula is C19H23NO3S. The molecule has 0 spiro atoms. The average Bonchev–Trinajstić information content (AvgIpc) is 2.53. The quantitative estimate of drug-likeness (QED) is 0.835. The first kappa shape index (κ1) is 18.2. The lowest BCUT2D eigenvalue weighted by atomic mass is 10.0. The molecule has 0 aliphatic carbocycles. The van der Waals surface area contributed by atoms with E-state index in [0.717, 1.165) is 5.56 Å². The minimum atomic E-state index is -3.65. The highest BCUT2D eigenvalue weighted by Gasteiger charge is 2.30.